The van der Waals surface area contributed by atoms with Crippen molar-refractivity contribution in [2.75, 3.05) is 30.5 Å². The molecule has 1 atom stereocenters. The summed E-state index contributed by atoms with van der Waals surface area (Å²) >= 11 is 0. The minimum absolute atomic E-state index is 0.263. The van der Waals surface area contributed by atoms with Crippen LogP contribution in [0.4, 0.5) is 30.2 Å². The largest absolute Gasteiger partial charge is 0.416 e. The van der Waals surface area contributed by atoms with Crippen molar-refractivity contribution in [2.45, 2.75) is 12.2 Å². The number of rotatable bonds is 7. The topological polar surface area (TPSA) is 87.5 Å². The number of nitrogen functional groups attached to an aromatic ring is 1. The van der Waals surface area contributed by atoms with E-state index in [1.165, 1.54) is 18.2 Å². The molecule has 0 saturated heterocycles. The number of nitrogens with zero attached hydrogens (tertiary/aromatic N) is 1. The number of benzene rings is 3. The number of likely N-dealkylation sites (N-methyl/N-ethyl adjacent to an activating group) is 1. The number of carbonyl (C=O) groups excluding carboxylic acids is 2. The summed E-state index contributed by atoms with van der Waals surface area (Å²) in [7, 11) is 3.45. The molecule has 0 spiro atoms. The van der Waals surface area contributed by atoms with Crippen molar-refractivity contribution in [3.8, 4) is 0 Å². The third kappa shape index (κ3) is 6.94. The maximum Gasteiger partial charge on any atom is 0.416 e. The Kier molecular flexibility index (Phi) is 7.93. The molecule has 3 rings (SSSR count). The van der Waals surface area contributed by atoms with E-state index < -0.39 is 23.7 Å². The van der Waals surface area contributed by atoms with E-state index in [2.05, 4.69) is 10.6 Å². The summed E-state index contributed by atoms with van der Waals surface area (Å²) in [4.78, 5) is 26.7. The quantitative estimate of drug-likeness (QED) is 0.320. The zero-order valence-corrected chi connectivity index (χ0v) is 19.1. The number of nitrogens with two attached hydrogens (primary N) is 1. The van der Waals surface area contributed by atoms with Crippen LogP contribution in [-0.2, 0) is 15.8 Å². The van der Waals surface area contributed by atoms with Gasteiger partial charge in [-0.15, -0.1) is 0 Å². The van der Waals surface area contributed by atoms with Crippen molar-refractivity contribution < 1.29 is 22.8 Å². The van der Waals surface area contributed by atoms with Gasteiger partial charge in [0.15, 0.2) is 0 Å². The first-order valence-electron chi connectivity index (χ1n) is 10.6. The van der Waals surface area contributed by atoms with Crippen molar-refractivity contribution in [1.29, 1.82) is 0 Å². The number of carbonyl (C=O) groups is 2. The molecule has 0 heterocycles. The summed E-state index contributed by atoms with van der Waals surface area (Å²) in [6, 6.07) is 17.6. The molecule has 0 aliphatic heterocycles. The maximum atomic E-state index is 12.9. The van der Waals surface area contributed by atoms with Gasteiger partial charge in [-0.1, -0.05) is 36.4 Å². The van der Waals surface area contributed by atoms with Crippen LogP contribution in [-0.4, -0.2) is 30.8 Å². The number of alkyl halides is 3. The number of hydrogen-bond acceptors (Lipinski definition) is 4. The molecule has 0 saturated carbocycles. The van der Waals surface area contributed by atoms with Gasteiger partial charge < -0.3 is 16.4 Å². The van der Waals surface area contributed by atoms with Gasteiger partial charge in [0.1, 0.15) is 6.04 Å². The van der Waals surface area contributed by atoms with Gasteiger partial charge in [-0.2, -0.15) is 13.2 Å². The van der Waals surface area contributed by atoms with Crippen LogP contribution in [0, 0.1) is 0 Å². The molecule has 0 bridgehead atoms. The predicted molar refractivity (Wildman–Crippen MR) is 131 cm³/mol. The monoisotopic (exact) mass is 482 g/mol. The number of halogens is 3. The fourth-order valence-electron chi connectivity index (χ4n) is 3.38. The van der Waals surface area contributed by atoms with E-state index in [-0.39, 0.29) is 11.6 Å². The van der Waals surface area contributed by atoms with Gasteiger partial charge in [-0.3, -0.25) is 14.5 Å². The van der Waals surface area contributed by atoms with Crippen LogP contribution in [0.5, 0.6) is 0 Å². The highest BCUT2D eigenvalue weighted by Crippen LogP contribution is 2.30. The van der Waals surface area contributed by atoms with Gasteiger partial charge in [-0.05, 0) is 67.7 Å². The third-order valence-electron chi connectivity index (χ3n) is 5.14. The number of anilines is 3. The molecule has 0 radical (unpaired) electrons. The SMILES string of the molecule is CN(C)C(C(=O)Nc1ccc(C(F)(F)F)cc1)c1ccc(/C=C/C(=O)Nc2ccccc2N)cc1. The van der Waals surface area contributed by atoms with Crippen molar-refractivity contribution in [3.63, 3.8) is 0 Å². The average Bonchev–Trinajstić information content (AvgIpc) is 2.80. The molecular formula is C26H25F3N4O2. The number of hydrogen-bond donors (Lipinski definition) is 3. The van der Waals surface area contributed by atoms with Crippen molar-refractivity contribution in [3.05, 3.63) is 95.6 Å². The van der Waals surface area contributed by atoms with Gasteiger partial charge in [0.05, 0.1) is 16.9 Å². The molecule has 1 unspecified atom stereocenters. The summed E-state index contributed by atoms with van der Waals surface area (Å²) in [6.07, 6.45) is -1.44. The second-order valence-electron chi connectivity index (χ2n) is 8.01. The zero-order chi connectivity index (χ0) is 25.6. The van der Waals surface area contributed by atoms with Crippen LogP contribution in [0.15, 0.2) is 78.9 Å². The molecular weight excluding hydrogens is 457 g/mol. The van der Waals surface area contributed by atoms with Gasteiger partial charge in [0.25, 0.3) is 0 Å². The molecule has 3 aromatic carbocycles. The minimum Gasteiger partial charge on any atom is -0.397 e. The molecule has 0 aromatic heterocycles. The fraction of sp³-hybridized carbons (Fsp3) is 0.154. The lowest BCUT2D eigenvalue weighted by Gasteiger charge is -2.24. The molecule has 35 heavy (non-hydrogen) atoms. The van der Waals surface area contributed by atoms with Crippen LogP contribution in [0.1, 0.15) is 22.7 Å². The molecule has 0 aliphatic rings. The van der Waals surface area contributed by atoms with E-state index >= 15 is 0 Å². The van der Waals surface area contributed by atoms with Crippen LogP contribution >= 0.6 is 0 Å². The standard InChI is InChI=1S/C26H25F3N4O2/c1-33(2)24(25(35)31-20-14-12-19(13-15-20)26(27,28)29)18-10-7-17(8-11-18)9-16-23(34)32-22-6-4-3-5-21(22)30/h3-16,24H,30H2,1-2H3,(H,31,35)(H,32,34)/b16-9+. The van der Waals surface area contributed by atoms with Crippen LogP contribution in [0.25, 0.3) is 6.08 Å². The summed E-state index contributed by atoms with van der Waals surface area (Å²) in [5.74, 6) is -0.730. The third-order valence-corrected chi connectivity index (χ3v) is 5.14. The second kappa shape index (κ2) is 10.9. The Hall–Kier alpha value is -4.11. The highest BCUT2D eigenvalue weighted by atomic mass is 19.4. The van der Waals surface area contributed by atoms with Crippen LogP contribution < -0.4 is 16.4 Å². The van der Waals surface area contributed by atoms with Crippen molar-refractivity contribution in [1.82, 2.24) is 4.90 Å². The van der Waals surface area contributed by atoms with Gasteiger partial charge in [0, 0.05) is 11.8 Å². The molecule has 0 fully saturated rings. The minimum atomic E-state index is -4.44. The van der Waals surface area contributed by atoms with Gasteiger partial charge >= 0.3 is 6.18 Å². The lowest BCUT2D eigenvalue weighted by atomic mass is 10.0. The Morgan fingerprint density at radius 2 is 1.54 bits per heavy atom. The predicted octanol–water partition coefficient (Wildman–Crippen LogP) is 5.18. The Labute approximate surface area is 201 Å². The summed E-state index contributed by atoms with van der Waals surface area (Å²) in [6.45, 7) is 0. The number of nitrogens with one attached hydrogen (secondary N) is 2. The summed E-state index contributed by atoms with van der Waals surface area (Å²) in [5, 5.41) is 5.36. The lowest BCUT2D eigenvalue weighted by molar-refractivity contribution is -0.137. The van der Waals surface area contributed by atoms with E-state index in [4.69, 9.17) is 5.73 Å². The Balaban J connectivity index is 1.67. The highest BCUT2D eigenvalue weighted by Gasteiger charge is 2.30. The molecule has 4 N–H and O–H groups in total. The molecule has 0 aliphatic carbocycles. The lowest BCUT2D eigenvalue weighted by Crippen LogP contribution is -2.32. The van der Waals surface area contributed by atoms with E-state index in [1.807, 2.05) is 0 Å². The molecule has 6 nitrogen and oxygen atoms in total. The summed E-state index contributed by atoms with van der Waals surface area (Å²) in [5.41, 5.74) is 7.70. The Bertz CT molecular complexity index is 1200. The van der Waals surface area contributed by atoms with Gasteiger partial charge in [-0.25, -0.2) is 0 Å². The first-order valence-corrected chi connectivity index (χ1v) is 10.6. The second-order valence-corrected chi connectivity index (χ2v) is 8.01. The van der Waals surface area contributed by atoms with Gasteiger partial charge in [0.2, 0.25) is 11.8 Å². The van der Waals surface area contributed by atoms with Crippen molar-refractivity contribution in [2.24, 2.45) is 0 Å². The molecule has 2 amide bonds. The van der Waals surface area contributed by atoms with Crippen LogP contribution in [0.2, 0.25) is 0 Å². The van der Waals surface area contributed by atoms with Crippen molar-refractivity contribution >= 4 is 35.0 Å². The smallest absolute Gasteiger partial charge is 0.397 e. The highest BCUT2D eigenvalue weighted by molar-refractivity contribution is 6.03. The normalized spacial score (nSPS) is 12.5. The Morgan fingerprint density at radius 3 is 2.11 bits per heavy atom. The number of para-hydroxylation sites is 2. The van der Waals surface area contributed by atoms with E-state index in [0.29, 0.717) is 16.9 Å². The first kappa shape index (κ1) is 25.5. The summed E-state index contributed by atoms with van der Waals surface area (Å²) < 4.78 is 38.3. The van der Waals surface area contributed by atoms with E-state index in [9.17, 15) is 22.8 Å². The fourth-order valence-corrected chi connectivity index (χ4v) is 3.38. The molecule has 3 aromatic rings. The van der Waals surface area contributed by atoms with Crippen LogP contribution in [0.3, 0.4) is 0 Å². The molecule has 9 heteroatoms. The average molecular weight is 483 g/mol. The van der Waals surface area contributed by atoms with E-state index in [0.717, 1.165) is 17.7 Å². The van der Waals surface area contributed by atoms with E-state index in [1.54, 1.807) is 73.6 Å². The molecule has 182 valence electrons. The Morgan fingerprint density at radius 1 is 0.914 bits per heavy atom. The maximum absolute atomic E-state index is 12.9. The zero-order valence-electron chi connectivity index (χ0n) is 19.1. The number of amides is 2. The first-order chi connectivity index (χ1) is 16.5.